The lowest BCUT2D eigenvalue weighted by Crippen LogP contribution is -2.45. The fourth-order valence-corrected chi connectivity index (χ4v) is 3.24. The van der Waals surface area contributed by atoms with Crippen LogP contribution in [-0.2, 0) is 9.53 Å². The second-order valence-corrected chi connectivity index (χ2v) is 6.75. The molecule has 1 amide bonds. The number of amides is 1. The maximum absolute atomic E-state index is 12.5. The lowest BCUT2D eigenvalue weighted by Gasteiger charge is -2.32. The first-order valence-electron chi connectivity index (χ1n) is 9.03. The van der Waals surface area contributed by atoms with Crippen LogP contribution in [-0.4, -0.2) is 62.8 Å². The van der Waals surface area contributed by atoms with Crippen molar-refractivity contribution in [3.05, 3.63) is 23.8 Å². The quantitative estimate of drug-likeness (QED) is 0.743. The standard InChI is InChI=1S/C19H26N2O5/c1-24-17-11-13(3-6-16(17)26-12-18(22)25-2)19(23)20-14-7-9-21(10-8-14)15-4-5-15/h3,6,11,14-15H,4-5,7-10,12H2,1-2H3,(H,20,23). The summed E-state index contributed by atoms with van der Waals surface area (Å²) in [6.07, 6.45) is 4.61. The van der Waals surface area contributed by atoms with E-state index in [1.807, 2.05) is 0 Å². The molecule has 7 nitrogen and oxygen atoms in total. The number of hydrogen-bond donors (Lipinski definition) is 1. The Hall–Kier alpha value is -2.28. The third kappa shape index (κ3) is 4.66. The summed E-state index contributed by atoms with van der Waals surface area (Å²) >= 11 is 0. The number of nitrogens with zero attached hydrogens (tertiary/aromatic N) is 1. The number of carbonyl (C=O) groups is 2. The van der Waals surface area contributed by atoms with Crippen LogP contribution in [0.5, 0.6) is 11.5 Å². The van der Waals surface area contributed by atoms with E-state index in [2.05, 4.69) is 15.0 Å². The van der Waals surface area contributed by atoms with Crippen molar-refractivity contribution in [2.75, 3.05) is 33.9 Å². The highest BCUT2D eigenvalue weighted by Crippen LogP contribution is 2.30. The summed E-state index contributed by atoms with van der Waals surface area (Å²) in [7, 11) is 2.79. The van der Waals surface area contributed by atoms with E-state index in [4.69, 9.17) is 9.47 Å². The van der Waals surface area contributed by atoms with Crippen LogP contribution >= 0.6 is 0 Å². The van der Waals surface area contributed by atoms with E-state index in [1.54, 1.807) is 18.2 Å². The molecule has 1 aliphatic heterocycles. The summed E-state index contributed by atoms with van der Waals surface area (Å²) < 4.78 is 15.2. The van der Waals surface area contributed by atoms with Gasteiger partial charge in [-0.05, 0) is 43.9 Å². The van der Waals surface area contributed by atoms with Crippen molar-refractivity contribution in [1.29, 1.82) is 0 Å². The number of likely N-dealkylation sites (tertiary alicyclic amines) is 1. The molecule has 0 atom stereocenters. The zero-order valence-electron chi connectivity index (χ0n) is 15.3. The monoisotopic (exact) mass is 362 g/mol. The van der Waals surface area contributed by atoms with Gasteiger partial charge < -0.3 is 24.4 Å². The lowest BCUT2D eigenvalue weighted by molar-refractivity contribution is -0.142. The van der Waals surface area contributed by atoms with Gasteiger partial charge in [0.2, 0.25) is 0 Å². The predicted molar refractivity (Wildman–Crippen MR) is 95.6 cm³/mol. The summed E-state index contributed by atoms with van der Waals surface area (Å²) in [5, 5.41) is 3.11. The molecule has 1 N–H and O–H groups in total. The minimum absolute atomic E-state index is 0.118. The maximum atomic E-state index is 12.5. The van der Waals surface area contributed by atoms with Gasteiger partial charge in [0.1, 0.15) is 0 Å². The summed E-state index contributed by atoms with van der Waals surface area (Å²) in [6, 6.07) is 5.92. The third-order valence-electron chi connectivity index (χ3n) is 4.93. The Labute approximate surface area is 153 Å². The van der Waals surface area contributed by atoms with Gasteiger partial charge in [0.05, 0.1) is 14.2 Å². The fourth-order valence-electron chi connectivity index (χ4n) is 3.24. The average Bonchev–Trinajstić information content (AvgIpc) is 3.51. The Balaban J connectivity index is 1.55. The second-order valence-electron chi connectivity index (χ2n) is 6.75. The van der Waals surface area contributed by atoms with E-state index >= 15 is 0 Å². The van der Waals surface area contributed by atoms with E-state index in [0.29, 0.717) is 17.1 Å². The number of esters is 1. The van der Waals surface area contributed by atoms with E-state index < -0.39 is 5.97 Å². The fraction of sp³-hybridized carbons (Fsp3) is 0.579. The van der Waals surface area contributed by atoms with Crippen molar-refractivity contribution in [2.45, 2.75) is 37.8 Å². The number of methoxy groups -OCH3 is 2. The van der Waals surface area contributed by atoms with Gasteiger partial charge in [0, 0.05) is 30.7 Å². The van der Waals surface area contributed by atoms with Crippen LogP contribution < -0.4 is 14.8 Å². The van der Waals surface area contributed by atoms with Crippen LogP contribution in [0.25, 0.3) is 0 Å². The number of hydrogen-bond acceptors (Lipinski definition) is 6. The molecule has 1 aromatic rings. The topological polar surface area (TPSA) is 77.1 Å². The maximum Gasteiger partial charge on any atom is 0.343 e. The number of benzene rings is 1. The molecule has 0 radical (unpaired) electrons. The molecule has 1 saturated carbocycles. The first kappa shape index (κ1) is 18.5. The summed E-state index contributed by atoms with van der Waals surface area (Å²) in [5.41, 5.74) is 0.511. The van der Waals surface area contributed by atoms with Crippen molar-refractivity contribution in [2.24, 2.45) is 0 Å². The molecule has 0 aromatic heterocycles. The molecule has 1 aromatic carbocycles. The Bertz CT molecular complexity index is 651. The zero-order chi connectivity index (χ0) is 18.5. The third-order valence-corrected chi connectivity index (χ3v) is 4.93. The number of rotatable bonds is 7. The highest BCUT2D eigenvalue weighted by Gasteiger charge is 2.32. The van der Waals surface area contributed by atoms with Gasteiger partial charge in [-0.25, -0.2) is 4.79 Å². The van der Waals surface area contributed by atoms with Gasteiger partial charge in [-0.3, -0.25) is 4.79 Å². The van der Waals surface area contributed by atoms with Crippen molar-refractivity contribution < 1.29 is 23.8 Å². The van der Waals surface area contributed by atoms with E-state index in [0.717, 1.165) is 32.0 Å². The van der Waals surface area contributed by atoms with Gasteiger partial charge in [-0.2, -0.15) is 0 Å². The molecule has 2 fully saturated rings. The Morgan fingerprint density at radius 2 is 1.85 bits per heavy atom. The lowest BCUT2D eigenvalue weighted by atomic mass is 10.0. The van der Waals surface area contributed by atoms with Gasteiger partial charge in [0.15, 0.2) is 18.1 Å². The highest BCUT2D eigenvalue weighted by atomic mass is 16.6. The molecular formula is C19H26N2O5. The smallest absolute Gasteiger partial charge is 0.343 e. The van der Waals surface area contributed by atoms with E-state index in [1.165, 1.54) is 27.1 Å². The first-order chi connectivity index (χ1) is 12.6. The Morgan fingerprint density at radius 3 is 2.46 bits per heavy atom. The summed E-state index contributed by atoms with van der Waals surface area (Å²) in [6.45, 7) is 1.90. The highest BCUT2D eigenvalue weighted by molar-refractivity contribution is 5.95. The number of carbonyl (C=O) groups excluding carboxylic acids is 2. The predicted octanol–water partition coefficient (Wildman–Crippen LogP) is 1.60. The summed E-state index contributed by atoms with van der Waals surface area (Å²) in [5.74, 6) is 0.205. The first-order valence-corrected chi connectivity index (χ1v) is 9.03. The Kier molecular flexibility index (Phi) is 5.98. The van der Waals surface area contributed by atoms with Crippen LogP contribution in [0.1, 0.15) is 36.0 Å². The molecule has 0 bridgehead atoms. The minimum Gasteiger partial charge on any atom is -0.493 e. The van der Waals surface area contributed by atoms with Crippen LogP contribution in [0.15, 0.2) is 18.2 Å². The van der Waals surface area contributed by atoms with Crippen LogP contribution in [0, 0.1) is 0 Å². The van der Waals surface area contributed by atoms with Crippen molar-refractivity contribution >= 4 is 11.9 Å². The van der Waals surface area contributed by atoms with Crippen molar-refractivity contribution in [3.63, 3.8) is 0 Å². The number of ether oxygens (including phenoxy) is 3. The largest absolute Gasteiger partial charge is 0.493 e. The molecular weight excluding hydrogens is 336 g/mol. The van der Waals surface area contributed by atoms with Crippen molar-refractivity contribution in [3.8, 4) is 11.5 Å². The van der Waals surface area contributed by atoms with Gasteiger partial charge in [-0.15, -0.1) is 0 Å². The van der Waals surface area contributed by atoms with Crippen molar-refractivity contribution in [1.82, 2.24) is 10.2 Å². The second kappa shape index (κ2) is 8.40. The zero-order valence-corrected chi connectivity index (χ0v) is 15.3. The molecule has 7 heteroatoms. The van der Waals surface area contributed by atoms with Crippen LogP contribution in [0.2, 0.25) is 0 Å². The molecule has 0 unspecified atom stereocenters. The number of nitrogens with one attached hydrogen (secondary N) is 1. The van der Waals surface area contributed by atoms with Crippen LogP contribution in [0.4, 0.5) is 0 Å². The Morgan fingerprint density at radius 1 is 1.12 bits per heavy atom. The molecule has 0 spiro atoms. The molecule has 1 saturated heterocycles. The summed E-state index contributed by atoms with van der Waals surface area (Å²) in [4.78, 5) is 26.3. The van der Waals surface area contributed by atoms with Crippen LogP contribution in [0.3, 0.4) is 0 Å². The SMILES string of the molecule is COC(=O)COc1ccc(C(=O)NC2CCN(C3CC3)CC2)cc1OC. The molecule has 3 rings (SSSR count). The molecule has 142 valence electrons. The molecule has 26 heavy (non-hydrogen) atoms. The molecule has 1 heterocycles. The molecule has 1 aliphatic carbocycles. The molecule has 2 aliphatic rings. The van der Waals surface area contributed by atoms with Gasteiger partial charge >= 0.3 is 5.97 Å². The minimum atomic E-state index is -0.480. The normalized spacial score (nSPS) is 18.2. The van der Waals surface area contributed by atoms with E-state index in [9.17, 15) is 9.59 Å². The average molecular weight is 362 g/mol. The van der Waals surface area contributed by atoms with E-state index in [-0.39, 0.29) is 18.6 Å². The van der Waals surface area contributed by atoms with Gasteiger partial charge in [0.25, 0.3) is 5.91 Å². The number of piperidine rings is 1. The van der Waals surface area contributed by atoms with Gasteiger partial charge in [-0.1, -0.05) is 0 Å².